The molecule has 2 N–H and O–H groups in total. The Kier molecular flexibility index (Phi) is 5.76. The smallest absolute Gasteiger partial charge is 0.328 e. The van der Waals surface area contributed by atoms with E-state index < -0.39 is 5.97 Å². The standard InChI is InChI=1S/C15H20BrNO2/c1-11-6-7-12(16)9-13(11)15(2,3)10-17-8-4-5-14(18)19/h4-7,9,17H,8,10H2,1-3H3,(H,18,19)/b5-4+. The van der Waals surface area contributed by atoms with Crippen molar-refractivity contribution in [1.29, 1.82) is 0 Å². The summed E-state index contributed by atoms with van der Waals surface area (Å²) in [6, 6.07) is 6.29. The van der Waals surface area contributed by atoms with E-state index in [1.807, 2.05) is 6.07 Å². The third-order valence-electron chi connectivity index (χ3n) is 3.02. The van der Waals surface area contributed by atoms with Crippen LogP contribution in [0.25, 0.3) is 0 Å². The van der Waals surface area contributed by atoms with Crippen LogP contribution in [0.4, 0.5) is 0 Å². The van der Waals surface area contributed by atoms with Gasteiger partial charge in [0, 0.05) is 29.1 Å². The predicted octanol–water partition coefficient (Wildman–Crippen LogP) is 3.27. The van der Waals surface area contributed by atoms with Gasteiger partial charge in [-0.1, -0.05) is 41.9 Å². The number of halogens is 1. The average molecular weight is 326 g/mol. The molecule has 1 aromatic carbocycles. The van der Waals surface area contributed by atoms with Crippen LogP contribution in [0.3, 0.4) is 0 Å². The number of carboxylic acids is 1. The van der Waals surface area contributed by atoms with Gasteiger partial charge in [-0.25, -0.2) is 4.79 Å². The molecule has 0 aliphatic carbocycles. The highest BCUT2D eigenvalue weighted by Gasteiger charge is 2.22. The molecular formula is C15H20BrNO2. The Hall–Kier alpha value is -1.13. The van der Waals surface area contributed by atoms with Gasteiger partial charge in [-0.3, -0.25) is 0 Å². The van der Waals surface area contributed by atoms with E-state index in [1.165, 1.54) is 11.1 Å². The van der Waals surface area contributed by atoms with Gasteiger partial charge >= 0.3 is 5.97 Å². The topological polar surface area (TPSA) is 49.3 Å². The molecule has 19 heavy (non-hydrogen) atoms. The maximum absolute atomic E-state index is 10.3. The van der Waals surface area contributed by atoms with Gasteiger partial charge in [0.05, 0.1) is 0 Å². The second kappa shape index (κ2) is 6.87. The third kappa shape index (κ3) is 5.17. The molecule has 0 atom stereocenters. The number of aryl methyl sites for hydroxylation is 1. The summed E-state index contributed by atoms with van der Waals surface area (Å²) < 4.78 is 1.08. The lowest BCUT2D eigenvalue weighted by atomic mass is 9.82. The minimum Gasteiger partial charge on any atom is -0.478 e. The summed E-state index contributed by atoms with van der Waals surface area (Å²) >= 11 is 3.50. The number of aliphatic carboxylic acids is 1. The summed E-state index contributed by atoms with van der Waals surface area (Å²) in [5, 5.41) is 11.8. The van der Waals surface area contributed by atoms with E-state index in [9.17, 15) is 4.79 Å². The number of benzene rings is 1. The highest BCUT2D eigenvalue weighted by molar-refractivity contribution is 9.10. The van der Waals surface area contributed by atoms with Crippen LogP contribution < -0.4 is 5.32 Å². The molecule has 0 radical (unpaired) electrons. The third-order valence-corrected chi connectivity index (χ3v) is 3.51. The molecule has 4 heteroatoms. The highest BCUT2D eigenvalue weighted by Crippen LogP contribution is 2.28. The van der Waals surface area contributed by atoms with E-state index in [4.69, 9.17) is 5.11 Å². The van der Waals surface area contributed by atoms with E-state index in [0.29, 0.717) is 6.54 Å². The minimum atomic E-state index is -0.913. The zero-order valence-corrected chi connectivity index (χ0v) is 13.1. The Balaban J connectivity index is 2.65. The van der Waals surface area contributed by atoms with Crippen molar-refractivity contribution in [2.45, 2.75) is 26.2 Å². The summed E-state index contributed by atoms with van der Waals surface area (Å²) in [6.45, 7) is 7.80. The van der Waals surface area contributed by atoms with Crippen molar-refractivity contribution in [2.75, 3.05) is 13.1 Å². The molecule has 1 rings (SSSR count). The van der Waals surface area contributed by atoms with Crippen molar-refractivity contribution >= 4 is 21.9 Å². The van der Waals surface area contributed by atoms with Crippen LogP contribution in [0.1, 0.15) is 25.0 Å². The number of carbonyl (C=O) groups is 1. The number of carboxylic acid groups (broad SMARTS) is 1. The van der Waals surface area contributed by atoms with Crippen molar-refractivity contribution in [3.63, 3.8) is 0 Å². The number of nitrogens with one attached hydrogen (secondary N) is 1. The second-order valence-corrected chi connectivity index (χ2v) is 6.13. The fourth-order valence-corrected chi connectivity index (χ4v) is 2.41. The van der Waals surface area contributed by atoms with Crippen LogP contribution in [0.15, 0.2) is 34.8 Å². The van der Waals surface area contributed by atoms with E-state index in [2.05, 4.69) is 54.2 Å². The lowest BCUT2D eigenvalue weighted by Gasteiger charge is -2.27. The molecule has 3 nitrogen and oxygen atoms in total. The average Bonchev–Trinajstić information content (AvgIpc) is 2.31. The van der Waals surface area contributed by atoms with E-state index in [1.54, 1.807) is 6.08 Å². The van der Waals surface area contributed by atoms with Gasteiger partial charge in [0.25, 0.3) is 0 Å². The molecule has 0 heterocycles. The van der Waals surface area contributed by atoms with Gasteiger partial charge in [-0.05, 0) is 30.2 Å². The monoisotopic (exact) mass is 325 g/mol. The van der Waals surface area contributed by atoms with E-state index in [-0.39, 0.29) is 5.41 Å². The lowest BCUT2D eigenvalue weighted by molar-refractivity contribution is -0.131. The van der Waals surface area contributed by atoms with Crippen LogP contribution in [-0.2, 0) is 10.2 Å². The number of hydrogen-bond acceptors (Lipinski definition) is 2. The summed E-state index contributed by atoms with van der Waals surface area (Å²) in [5.41, 5.74) is 2.54. The molecule has 0 aliphatic heterocycles. The predicted molar refractivity (Wildman–Crippen MR) is 81.6 cm³/mol. The highest BCUT2D eigenvalue weighted by atomic mass is 79.9. The molecule has 1 aromatic rings. The first-order valence-corrected chi connectivity index (χ1v) is 6.99. The fourth-order valence-electron chi connectivity index (χ4n) is 2.05. The Bertz CT molecular complexity index is 481. The van der Waals surface area contributed by atoms with Gasteiger partial charge in [0.2, 0.25) is 0 Å². The van der Waals surface area contributed by atoms with Crippen LogP contribution in [0.2, 0.25) is 0 Å². The van der Waals surface area contributed by atoms with Gasteiger partial charge in [-0.15, -0.1) is 0 Å². The van der Waals surface area contributed by atoms with Crippen molar-refractivity contribution in [3.8, 4) is 0 Å². The first kappa shape index (κ1) is 15.9. The number of hydrogen-bond donors (Lipinski definition) is 2. The minimum absolute atomic E-state index is 0.00900. The maximum atomic E-state index is 10.3. The SMILES string of the molecule is Cc1ccc(Br)cc1C(C)(C)CNC/C=C/C(=O)O. The Labute approximate surface area is 122 Å². The van der Waals surface area contributed by atoms with Crippen LogP contribution in [-0.4, -0.2) is 24.2 Å². The molecule has 104 valence electrons. The molecule has 0 spiro atoms. The van der Waals surface area contributed by atoms with Crippen LogP contribution >= 0.6 is 15.9 Å². The van der Waals surface area contributed by atoms with Crippen molar-refractivity contribution < 1.29 is 9.90 Å². The molecule has 0 unspecified atom stereocenters. The zero-order chi connectivity index (χ0) is 14.5. The van der Waals surface area contributed by atoms with Gasteiger partial charge in [-0.2, -0.15) is 0 Å². The molecule has 0 amide bonds. The first-order chi connectivity index (χ1) is 8.83. The van der Waals surface area contributed by atoms with Gasteiger partial charge in [0.1, 0.15) is 0 Å². The van der Waals surface area contributed by atoms with Gasteiger partial charge < -0.3 is 10.4 Å². The Morgan fingerprint density at radius 2 is 2.16 bits per heavy atom. The summed E-state index contributed by atoms with van der Waals surface area (Å²) in [4.78, 5) is 10.3. The van der Waals surface area contributed by atoms with E-state index in [0.717, 1.165) is 17.1 Å². The summed E-state index contributed by atoms with van der Waals surface area (Å²) in [5.74, 6) is -0.913. The van der Waals surface area contributed by atoms with Gasteiger partial charge in [0.15, 0.2) is 0 Å². The summed E-state index contributed by atoms with van der Waals surface area (Å²) in [7, 11) is 0. The molecule has 0 aliphatic rings. The van der Waals surface area contributed by atoms with E-state index >= 15 is 0 Å². The quantitative estimate of drug-likeness (QED) is 0.623. The van der Waals surface area contributed by atoms with Crippen molar-refractivity contribution in [1.82, 2.24) is 5.32 Å². The molecule has 0 saturated heterocycles. The lowest BCUT2D eigenvalue weighted by Crippen LogP contribution is -2.33. The van der Waals surface area contributed by atoms with Crippen LogP contribution in [0, 0.1) is 6.92 Å². The molecule has 0 saturated carbocycles. The molecule has 0 bridgehead atoms. The molecule has 0 fully saturated rings. The Morgan fingerprint density at radius 1 is 1.47 bits per heavy atom. The normalized spacial score (nSPS) is 12.0. The largest absolute Gasteiger partial charge is 0.478 e. The first-order valence-electron chi connectivity index (χ1n) is 6.20. The second-order valence-electron chi connectivity index (χ2n) is 5.21. The Morgan fingerprint density at radius 3 is 2.79 bits per heavy atom. The maximum Gasteiger partial charge on any atom is 0.328 e. The molecular weight excluding hydrogens is 306 g/mol. The van der Waals surface area contributed by atoms with Crippen molar-refractivity contribution in [3.05, 3.63) is 46.0 Å². The fraction of sp³-hybridized carbons (Fsp3) is 0.400. The summed E-state index contributed by atoms with van der Waals surface area (Å²) in [6.07, 6.45) is 2.77. The zero-order valence-electron chi connectivity index (χ0n) is 11.5. The van der Waals surface area contributed by atoms with Crippen molar-refractivity contribution in [2.24, 2.45) is 0 Å². The number of rotatable bonds is 6. The van der Waals surface area contributed by atoms with Crippen LogP contribution in [0.5, 0.6) is 0 Å². The molecule has 0 aromatic heterocycles.